The molecule has 126 valence electrons. The molecule has 0 aliphatic heterocycles. The minimum atomic E-state index is -0.971. The van der Waals surface area contributed by atoms with Crippen LogP contribution in [0.4, 0.5) is 8.78 Å². The van der Waals surface area contributed by atoms with E-state index in [2.05, 4.69) is 5.32 Å². The second kappa shape index (κ2) is 8.40. The lowest BCUT2D eigenvalue weighted by Gasteiger charge is -2.07. The van der Waals surface area contributed by atoms with E-state index in [0.29, 0.717) is 24.1 Å². The molecule has 0 saturated carbocycles. The van der Waals surface area contributed by atoms with Gasteiger partial charge in [0.25, 0.3) is 5.91 Å². The monoisotopic (exact) mass is 353 g/mol. The van der Waals surface area contributed by atoms with Crippen LogP contribution in [0.15, 0.2) is 42.5 Å². The number of esters is 1. The van der Waals surface area contributed by atoms with Crippen LogP contribution < -0.4 is 5.32 Å². The molecule has 0 unspecified atom stereocenters. The molecule has 0 atom stereocenters. The molecule has 0 saturated heterocycles. The molecule has 1 amide bonds. The molecule has 0 aliphatic rings. The lowest BCUT2D eigenvalue weighted by Crippen LogP contribution is -2.30. The number of ether oxygens (including phenoxy) is 1. The van der Waals surface area contributed by atoms with Gasteiger partial charge in [0.1, 0.15) is 11.6 Å². The van der Waals surface area contributed by atoms with E-state index in [1.165, 1.54) is 0 Å². The van der Waals surface area contributed by atoms with Crippen molar-refractivity contribution in [1.29, 1.82) is 0 Å². The molecule has 2 aromatic carbocycles. The Morgan fingerprint density at radius 2 is 1.67 bits per heavy atom. The largest absolute Gasteiger partial charge is 0.452 e. The minimum Gasteiger partial charge on any atom is -0.452 e. The average molecular weight is 354 g/mol. The quantitative estimate of drug-likeness (QED) is 0.812. The second-order valence-corrected chi connectivity index (χ2v) is 5.40. The first-order valence-electron chi connectivity index (χ1n) is 7.08. The van der Waals surface area contributed by atoms with Gasteiger partial charge in [0.15, 0.2) is 6.61 Å². The van der Waals surface area contributed by atoms with Gasteiger partial charge in [-0.15, -0.1) is 0 Å². The molecule has 0 fully saturated rings. The van der Waals surface area contributed by atoms with E-state index in [0.717, 1.165) is 17.7 Å². The fourth-order valence-corrected chi connectivity index (χ4v) is 2.06. The van der Waals surface area contributed by atoms with Crippen LogP contribution >= 0.6 is 11.6 Å². The van der Waals surface area contributed by atoms with Gasteiger partial charge in [-0.3, -0.25) is 4.79 Å². The summed E-state index contributed by atoms with van der Waals surface area (Å²) in [5.41, 5.74) is 0.702. The first-order valence-corrected chi connectivity index (χ1v) is 7.46. The lowest BCUT2D eigenvalue weighted by atomic mass is 10.1. The van der Waals surface area contributed by atoms with Crippen LogP contribution in [0.1, 0.15) is 15.9 Å². The number of benzene rings is 2. The van der Waals surface area contributed by atoms with Crippen LogP contribution in [0.3, 0.4) is 0 Å². The Morgan fingerprint density at radius 3 is 2.29 bits per heavy atom. The lowest BCUT2D eigenvalue weighted by molar-refractivity contribution is -0.124. The molecule has 7 heteroatoms. The van der Waals surface area contributed by atoms with E-state index >= 15 is 0 Å². The van der Waals surface area contributed by atoms with Gasteiger partial charge < -0.3 is 10.1 Å². The van der Waals surface area contributed by atoms with Crippen LogP contribution in [-0.4, -0.2) is 25.0 Å². The Kier molecular flexibility index (Phi) is 6.26. The SMILES string of the molecule is O=C(COC(=O)c1cc(F)cc(F)c1)NCCc1ccc(Cl)cc1. The van der Waals surface area contributed by atoms with Crippen molar-refractivity contribution in [2.75, 3.05) is 13.2 Å². The molecule has 0 heterocycles. The van der Waals surface area contributed by atoms with Crippen molar-refractivity contribution in [3.05, 3.63) is 70.2 Å². The molecule has 4 nitrogen and oxygen atoms in total. The summed E-state index contributed by atoms with van der Waals surface area (Å²) in [5.74, 6) is -3.26. The molecular weight excluding hydrogens is 340 g/mol. The maximum absolute atomic E-state index is 13.0. The number of halogens is 3. The Bertz CT molecular complexity index is 715. The number of rotatable bonds is 6. The van der Waals surface area contributed by atoms with Gasteiger partial charge in [-0.25, -0.2) is 13.6 Å². The number of carbonyl (C=O) groups excluding carboxylic acids is 2. The number of carbonyl (C=O) groups is 2. The maximum atomic E-state index is 13.0. The van der Waals surface area contributed by atoms with E-state index in [4.69, 9.17) is 16.3 Å². The Balaban J connectivity index is 1.74. The summed E-state index contributed by atoms with van der Waals surface area (Å²) in [6.45, 7) is -0.176. The number of hydrogen-bond acceptors (Lipinski definition) is 3. The predicted molar refractivity (Wildman–Crippen MR) is 84.8 cm³/mol. The number of amides is 1. The van der Waals surface area contributed by atoms with Crippen molar-refractivity contribution in [2.24, 2.45) is 0 Å². The number of hydrogen-bond donors (Lipinski definition) is 1. The highest BCUT2D eigenvalue weighted by molar-refractivity contribution is 6.30. The third-order valence-corrected chi connectivity index (χ3v) is 3.33. The summed E-state index contributed by atoms with van der Waals surface area (Å²) in [6.07, 6.45) is 0.589. The summed E-state index contributed by atoms with van der Waals surface area (Å²) in [7, 11) is 0. The third-order valence-electron chi connectivity index (χ3n) is 3.08. The van der Waals surface area contributed by atoms with Crippen LogP contribution in [-0.2, 0) is 16.0 Å². The molecule has 0 radical (unpaired) electrons. The normalized spacial score (nSPS) is 10.3. The van der Waals surface area contributed by atoms with Crippen molar-refractivity contribution in [1.82, 2.24) is 5.32 Å². The standard InChI is InChI=1S/C17H14ClF2NO3/c18-13-3-1-11(2-4-13)5-6-21-16(22)10-24-17(23)12-7-14(19)9-15(20)8-12/h1-4,7-9H,5-6,10H2,(H,21,22). The van der Waals surface area contributed by atoms with Crippen LogP contribution in [0.25, 0.3) is 0 Å². The van der Waals surface area contributed by atoms with E-state index in [-0.39, 0.29) is 5.56 Å². The molecule has 1 N–H and O–H groups in total. The van der Waals surface area contributed by atoms with Crippen molar-refractivity contribution in [2.45, 2.75) is 6.42 Å². The van der Waals surface area contributed by atoms with E-state index in [1.807, 2.05) is 12.1 Å². The zero-order chi connectivity index (χ0) is 17.5. The van der Waals surface area contributed by atoms with Gasteiger partial charge in [-0.1, -0.05) is 23.7 Å². The highest BCUT2D eigenvalue weighted by Crippen LogP contribution is 2.10. The van der Waals surface area contributed by atoms with Gasteiger partial charge in [0.2, 0.25) is 0 Å². The Hall–Kier alpha value is -2.47. The highest BCUT2D eigenvalue weighted by Gasteiger charge is 2.12. The zero-order valence-corrected chi connectivity index (χ0v) is 13.3. The smallest absolute Gasteiger partial charge is 0.338 e. The van der Waals surface area contributed by atoms with Crippen molar-refractivity contribution < 1.29 is 23.1 Å². The summed E-state index contributed by atoms with van der Waals surface area (Å²) in [5, 5.41) is 3.21. The van der Waals surface area contributed by atoms with E-state index in [9.17, 15) is 18.4 Å². The molecule has 2 rings (SSSR count). The molecule has 24 heavy (non-hydrogen) atoms. The van der Waals surface area contributed by atoms with Crippen LogP contribution in [0.2, 0.25) is 5.02 Å². The molecule has 0 bridgehead atoms. The first-order chi connectivity index (χ1) is 11.4. The summed E-state index contributed by atoms with van der Waals surface area (Å²) >= 11 is 5.77. The third kappa shape index (κ3) is 5.62. The highest BCUT2D eigenvalue weighted by atomic mass is 35.5. The predicted octanol–water partition coefficient (Wildman–Crippen LogP) is 3.13. The van der Waals surface area contributed by atoms with Crippen LogP contribution in [0.5, 0.6) is 0 Å². The maximum Gasteiger partial charge on any atom is 0.338 e. The van der Waals surface area contributed by atoms with Gasteiger partial charge >= 0.3 is 5.97 Å². The minimum absolute atomic E-state index is 0.290. The summed E-state index contributed by atoms with van der Waals surface area (Å²) in [4.78, 5) is 23.2. The summed E-state index contributed by atoms with van der Waals surface area (Å²) in [6, 6.07) is 9.49. The fourth-order valence-electron chi connectivity index (χ4n) is 1.93. The summed E-state index contributed by atoms with van der Waals surface area (Å²) < 4.78 is 30.7. The molecule has 0 aliphatic carbocycles. The van der Waals surface area contributed by atoms with E-state index in [1.54, 1.807) is 12.1 Å². The van der Waals surface area contributed by atoms with Crippen molar-refractivity contribution >= 4 is 23.5 Å². The Morgan fingerprint density at radius 1 is 1.04 bits per heavy atom. The molecule has 0 aromatic heterocycles. The Labute approximate surface area is 142 Å². The topological polar surface area (TPSA) is 55.4 Å². The average Bonchev–Trinajstić information content (AvgIpc) is 2.53. The second-order valence-electron chi connectivity index (χ2n) is 4.96. The van der Waals surface area contributed by atoms with Gasteiger partial charge in [-0.2, -0.15) is 0 Å². The van der Waals surface area contributed by atoms with Crippen molar-refractivity contribution in [3.8, 4) is 0 Å². The van der Waals surface area contributed by atoms with Gasteiger partial charge in [0, 0.05) is 17.6 Å². The molecular formula is C17H14ClF2NO3. The van der Waals surface area contributed by atoms with Gasteiger partial charge in [-0.05, 0) is 36.2 Å². The van der Waals surface area contributed by atoms with Crippen LogP contribution in [0, 0.1) is 11.6 Å². The van der Waals surface area contributed by atoms with Crippen molar-refractivity contribution in [3.63, 3.8) is 0 Å². The molecule has 2 aromatic rings. The fraction of sp³-hybridized carbons (Fsp3) is 0.176. The first kappa shape index (κ1) is 17.9. The van der Waals surface area contributed by atoms with Gasteiger partial charge in [0.05, 0.1) is 5.56 Å². The van der Waals surface area contributed by atoms with E-state index < -0.39 is 30.1 Å². The molecule has 0 spiro atoms. The zero-order valence-electron chi connectivity index (χ0n) is 12.5. The number of nitrogens with one attached hydrogen (secondary N) is 1.